The molecule has 0 saturated carbocycles. The van der Waals surface area contributed by atoms with Crippen LogP contribution in [0, 0.1) is 11.3 Å². The van der Waals surface area contributed by atoms with Crippen molar-refractivity contribution < 1.29 is 14.2 Å². The third-order valence-electron chi connectivity index (χ3n) is 5.69. The molecule has 0 saturated heterocycles. The van der Waals surface area contributed by atoms with Crippen molar-refractivity contribution in [2.75, 3.05) is 14.2 Å². The van der Waals surface area contributed by atoms with Gasteiger partial charge in [0.15, 0.2) is 17.3 Å². The Bertz CT molecular complexity index is 1540. The van der Waals surface area contributed by atoms with Gasteiger partial charge in [-0.15, -0.1) is 0 Å². The van der Waals surface area contributed by atoms with E-state index in [0.29, 0.717) is 52.8 Å². The minimum atomic E-state index is 0.341. The Morgan fingerprint density at radius 1 is 0.944 bits per heavy atom. The lowest BCUT2D eigenvalue weighted by atomic mass is 9.98. The summed E-state index contributed by atoms with van der Waals surface area (Å²) in [6.07, 6.45) is 9.00. The molecule has 3 aromatic heterocycles. The van der Waals surface area contributed by atoms with Crippen LogP contribution in [0.3, 0.4) is 0 Å². The second-order valence-corrected chi connectivity index (χ2v) is 7.94. The number of fused-ring (bicyclic) bond motifs is 1. The monoisotopic (exact) mass is 478 g/mol. The first kappa shape index (κ1) is 22.8. The van der Waals surface area contributed by atoms with Crippen molar-refractivity contribution in [3.05, 3.63) is 95.8 Å². The van der Waals surface area contributed by atoms with E-state index in [1.54, 1.807) is 56.0 Å². The molecule has 0 spiro atoms. The first-order valence-corrected chi connectivity index (χ1v) is 11.1. The molecule has 3 heterocycles. The molecular formula is C27H22N6O3. The highest BCUT2D eigenvalue weighted by Crippen LogP contribution is 2.31. The van der Waals surface area contributed by atoms with Crippen molar-refractivity contribution in [3.8, 4) is 29.3 Å². The summed E-state index contributed by atoms with van der Waals surface area (Å²) in [6, 6.07) is 15.6. The summed E-state index contributed by atoms with van der Waals surface area (Å²) in [5.74, 6) is 2.38. The number of methoxy groups -OCH3 is 2. The largest absolute Gasteiger partial charge is 0.493 e. The predicted molar refractivity (Wildman–Crippen MR) is 132 cm³/mol. The molecule has 0 aliphatic rings. The van der Waals surface area contributed by atoms with Crippen LogP contribution in [0.2, 0.25) is 0 Å². The molecule has 5 aromatic rings. The van der Waals surface area contributed by atoms with Gasteiger partial charge in [-0.25, -0.2) is 15.0 Å². The highest BCUT2D eigenvalue weighted by molar-refractivity contribution is 5.83. The number of benzene rings is 2. The number of hydrogen-bond donors (Lipinski definition) is 0. The molecular weight excluding hydrogens is 456 g/mol. The lowest BCUT2D eigenvalue weighted by Gasteiger charge is -2.13. The molecule has 0 atom stereocenters. The number of rotatable bonds is 8. The number of hydrogen-bond acceptors (Lipinski definition) is 8. The molecule has 0 radical (unpaired) electrons. The Labute approximate surface area is 207 Å². The molecule has 0 unspecified atom stereocenters. The molecule has 178 valence electrons. The number of nitriles is 1. The molecule has 5 rings (SSSR count). The summed E-state index contributed by atoms with van der Waals surface area (Å²) in [5, 5.41) is 9.98. The first-order valence-electron chi connectivity index (χ1n) is 11.1. The van der Waals surface area contributed by atoms with Gasteiger partial charge in [-0.3, -0.25) is 9.55 Å². The SMILES string of the molecule is COc1ccc(COc2ccc(Cc3ccc4ncc(-n5ccnc5)nc4c3C#N)cc2OC)cn1. The van der Waals surface area contributed by atoms with Crippen molar-refractivity contribution in [3.63, 3.8) is 0 Å². The zero-order valence-electron chi connectivity index (χ0n) is 19.8. The van der Waals surface area contributed by atoms with Gasteiger partial charge in [0, 0.05) is 30.2 Å². The maximum Gasteiger partial charge on any atom is 0.212 e. The van der Waals surface area contributed by atoms with Crippen molar-refractivity contribution in [1.29, 1.82) is 5.26 Å². The van der Waals surface area contributed by atoms with Crippen molar-refractivity contribution >= 4 is 11.0 Å². The second-order valence-electron chi connectivity index (χ2n) is 7.94. The van der Waals surface area contributed by atoms with E-state index in [9.17, 15) is 5.26 Å². The van der Waals surface area contributed by atoms with Crippen LogP contribution in [0.25, 0.3) is 16.9 Å². The lowest BCUT2D eigenvalue weighted by molar-refractivity contribution is 0.283. The molecule has 9 nitrogen and oxygen atoms in total. The van der Waals surface area contributed by atoms with Gasteiger partial charge in [-0.2, -0.15) is 5.26 Å². The topological polar surface area (TPSA) is 108 Å². The van der Waals surface area contributed by atoms with E-state index in [0.717, 1.165) is 16.7 Å². The van der Waals surface area contributed by atoms with Crippen LogP contribution < -0.4 is 14.2 Å². The van der Waals surface area contributed by atoms with Crippen LogP contribution in [0.1, 0.15) is 22.3 Å². The molecule has 0 aliphatic carbocycles. The smallest absolute Gasteiger partial charge is 0.212 e. The molecule has 0 aliphatic heterocycles. The summed E-state index contributed by atoms with van der Waals surface area (Å²) in [7, 11) is 3.18. The number of ether oxygens (including phenoxy) is 3. The third-order valence-corrected chi connectivity index (χ3v) is 5.69. The van der Waals surface area contributed by atoms with Gasteiger partial charge in [-0.05, 0) is 41.8 Å². The van der Waals surface area contributed by atoms with Gasteiger partial charge in [0.05, 0.1) is 31.5 Å². The Kier molecular flexibility index (Phi) is 6.40. The van der Waals surface area contributed by atoms with Gasteiger partial charge < -0.3 is 14.2 Å². The third kappa shape index (κ3) is 4.65. The van der Waals surface area contributed by atoms with Gasteiger partial charge >= 0.3 is 0 Å². The highest BCUT2D eigenvalue weighted by Gasteiger charge is 2.14. The molecule has 0 amide bonds. The second kappa shape index (κ2) is 10.1. The summed E-state index contributed by atoms with van der Waals surface area (Å²) in [5.41, 5.74) is 4.44. The quantitative estimate of drug-likeness (QED) is 0.325. The average molecular weight is 479 g/mol. The average Bonchev–Trinajstić information content (AvgIpc) is 3.47. The number of nitrogens with zero attached hydrogens (tertiary/aromatic N) is 6. The van der Waals surface area contributed by atoms with Crippen molar-refractivity contribution in [2.24, 2.45) is 0 Å². The van der Waals surface area contributed by atoms with Crippen LogP contribution in [-0.2, 0) is 13.0 Å². The van der Waals surface area contributed by atoms with E-state index in [1.807, 2.05) is 36.4 Å². The Morgan fingerprint density at radius 2 is 1.83 bits per heavy atom. The maximum absolute atomic E-state index is 9.98. The zero-order chi connectivity index (χ0) is 24.9. The Hall–Kier alpha value is -4.97. The first-order chi connectivity index (χ1) is 17.7. The standard InChI is InChI=1S/C27H22N6O3/c1-34-24-12-18(3-7-23(24)36-16-19-4-8-26(35-2)31-14-19)11-20-5-6-22-27(21(20)13-28)32-25(15-30-22)33-10-9-29-17-33/h3-10,12,14-15,17H,11,16H2,1-2H3. The van der Waals surface area contributed by atoms with Crippen molar-refractivity contribution in [2.45, 2.75) is 13.0 Å². The molecule has 36 heavy (non-hydrogen) atoms. The molecule has 0 N–H and O–H groups in total. The molecule has 9 heteroatoms. The lowest BCUT2D eigenvalue weighted by Crippen LogP contribution is -2.02. The van der Waals surface area contributed by atoms with Gasteiger partial charge in [0.1, 0.15) is 24.5 Å². The molecule has 2 aromatic carbocycles. The minimum absolute atomic E-state index is 0.341. The van der Waals surface area contributed by atoms with Crippen LogP contribution in [0.4, 0.5) is 0 Å². The maximum atomic E-state index is 9.98. The molecule has 0 bridgehead atoms. The van der Waals surface area contributed by atoms with E-state index in [1.165, 1.54) is 0 Å². The molecule has 0 fully saturated rings. The number of aromatic nitrogens is 5. The summed E-state index contributed by atoms with van der Waals surface area (Å²) >= 11 is 0. The minimum Gasteiger partial charge on any atom is -0.493 e. The summed E-state index contributed by atoms with van der Waals surface area (Å²) in [4.78, 5) is 17.4. The van der Waals surface area contributed by atoms with E-state index >= 15 is 0 Å². The summed E-state index contributed by atoms with van der Waals surface area (Å²) in [6.45, 7) is 0.341. The van der Waals surface area contributed by atoms with E-state index in [-0.39, 0.29) is 0 Å². The van der Waals surface area contributed by atoms with Crippen molar-refractivity contribution in [1.82, 2.24) is 24.5 Å². The van der Waals surface area contributed by atoms with E-state index in [2.05, 4.69) is 26.0 Å². The predicted octanol–water partition coefficient (Wildman–Crippen LogP) is 4.27. The Morgan fingerprint density at radius 3 is 2.56 bits per heavy atom. The fraction of sp³-hybridized carbons (Fsp3) is 0.148. The fourth-order valence-corrected chi connectivity index (χ4v) is 3.84. The van der Waals surface area contributed by atoms with Gasteiger partial charge in [-0.1, -0.05) is 12.1 Å². The normalized spacial score (nSPS) is 10.7. The zero-order valence-corrected chi connectivity index (χ0v) is 19.8. The van der Waals surface area contributed by atoms with E-state index < -0.39 is 0 Å². The Balaban J connectivity index is 1.39. The van der Waals surface area contributed by atoms with Gasteiger partial charge in [0.25, 0.3) is 0 Å². The fourth-order valence-electron chi connectivity index (χ4n) is 3.84. The van der Waals surface area contributed by atoms with Crippen LogP contribution in [0.5, 0.6) is 17.4 Å². The highest BCUT2D eigenvalue weighted by atomic mass is 16.5. The van der Waals surface area contributed by atoms with Gasteiger partial charge in [0.2, 0.25) is 5.88 Å². The van der Waals surface area contributed by atoms with Crippen LogP contribution in [0.15, 0.2) is 73.6 Å². The number of pyridine rings is 1. The van der Waals surface area contributed by atoms with E-state index in [4.69, 9.17) is 14.2 Å². The summed E-state index contributed by atoms with van der Waals surface area (Å²) < 4.78 is 18.4. The van der Waals surface area contributed by atoms with Crippen LogP contribution in [-0.4, -0.2) is 38.7 Å². The number of imidazole rings is 1. The van der Waals surface area contributed by atoms with Crippen LogP contribution >= 0.6 is 0 Å².